The molecule has 0 radical (unpaired) electrons. The molecule has 2 fully saturated rings. The van der Waals surface area contributed by atoms with E-state index in [4.69, 9.17) is 4.74 Å². The standard InChI is InChI=1S/C18H22N4O3S/c23-26(24,17-6-2-4-10-20-17)22-13-14-25-18(22)7-11-21(12-8-18)15-16-5-1-3-9-19-16/h1-6,9-10H,7-8,11-15H2. The molecule has 0 amide bonds. The van der Waals surface area contributed by atoms with Gasteiger partial charge in [0.15, 0.2) is 5.03 Å². The molecule has 0 aliphatic carbocycles. The first-order valence-corrected chi connectivity index (χ1v) is 10.2. The molecular formula is C18H22N4O3S. The molecule has 0 aromatic carbocycles. The zero-order valence-electron chi connectivity index (χ0n) is 14.5. The number of hydrogen-bond donors (Lipinski definition) is 0. The van der Waals surface area contributed by atoms with E-state index in [1.807, 2.05) is 18.2 Å². The Kier molecular flexibility index (Phi) is 4.74. The monoisotopic (exact) mass is 374 g/mol. The van der Waals surface area contributed by atoms with Crippen molar-refractivity contribution in [1.82, 2.24) is 19.2 Å². The molecule has 1 spiro atoms. The van der Waals surface area contributed by atoms with Gasteiger partial charge in [-0.2, -0.15) is 4.31 Å². The van der Waals surface area contributed by atoms with Gasteiger partial charge in [-0.15, -0.1) is 0 Å². The summed E-state index contributed by atoms with van der Waals surface area (Å²) >= 11 is 0. The summed E-state index contributed by atoms with van der Waals surface area (Å²) in [6.45, 7) is 3.10. The van der Waals surface area contributed by atoms with Crippen LogP contribution in [-0.2, 0) is 21.3 Å². The molecule has 2 aromatic heterocycles. The van der Waals surface area contributed by atoms with Crippen molar-refractivity contribution >= 4 is 10.0 Å². The van der Waals surface area contributed by atoms with E-state index in [1.54, 1.807) is 18.3 Å². The van der Waals surface area contributed by atoms with Crippen LogP contribution < -0.4 is 0 Å². The van der Waals surface area contributed by atoms with Crippen molar-refractivity contribution in [2.24, 2.45) is 0 Å². The van der Waals surface area contributed by atoms with E-state index in [0.29, 0.717) is 26.0 Å². The molecule has 0 N–H and O–H groups in total. The summed E-state index contributed by atoms with van der Waals surface area (Å²) in [5.74, 6) is 0. The van der Waals surface area contributed by atoms with E-state index in [2.05, 4.69) is 14.9 Å². The topological polar surface area (TPSA) is 75.6 Å². The fourth-order valence-electron chi connectivity index (χ4n) is 3.72. The molecule has 2 aromatic rings. The number of hydrogen-bond acceptors (Lipinski definition) is 6. The van der Waals surface area contributed by atoms with Gasteiger partial charge >= 0.3 is 0 Å². The minimum Gasteiger partial charge on any atom is -0.358 e. The van der Waals surface area contributed by atoms with Crippen LogP contribution >= 0.6 is 0 Å². The Balaban J connectivity index is 1.49. The van der Waals surface area contributed by atoms with Crippen LogP contribution in [0, 0.1) is 0 Å². The van der Waals surface area contributed by atoms with Crippen molar-refractivity contribution < 1.29 is 13.2 Å². The fourth-order valence-corrected chi connectivity index (χ4v) is 5.38. The summed E-state index contributed by atoms with van der Waals surface area (Å²) in [6.07, 6.45) is 4.59. The first-order valence-electron chi connectivity index (χ1n) is 8.80. The molecule has 4 rings (SSSR count). The molecule has 0 unspecified atom stereocenters. The van der Waals surface area contributed by atoms with Gasteiger partial charge in [-0.25, -0.2) is 13.4 Å². The third-order valence-electron chi connectivity index (χ3n) is 5.06. The average Bonchev–Trinajstić information content (AvgIpc) is 3.09. The van der Waals surface area contributed by atoms with Crippen LogP contribution in [0.5, 0.6) is 0 Å². The van der Waals surface area contributed by atoms with Gasteiger partial charge in [-0.1, -0.05) is 12.1 Å². The first kappa shape index (κ1) is 17.5. The van der Waals surface area contributed by atoms with E-state index in [1.165, 1.54) is 16.6 Å². The first-order chi connectivity index (χ1) is 12.6. The predicted molar refractivity (Wildman–Crippen MR) is 95.6 cm³/mol. The Morgan fingerprint density at radius 1 is 1.00 bits per heavy atom. The summed E-state index contributed by atoms with van der Waals surface area (Å²) in [5.41, 5.74) is 0.269. The van der Waals surface area contributed by atoms with Crippen LogP contribution in [0.15, 0.2) is 53.8 Å². The van der Waals surface area contributed by atoms with Crippen LogP contribution in [0.3, 0.4) is 0 Å². The van der Waals surface area contributed by atoms with E-state index < -0.39 is 15.7 Å². The number of pyridine rings is 2. The highest BCUT2D eigenvalue weighted by atomic mass is 32.2. The third-order valence-corrected chi connectivity index (χ3v) is 6.93. The van der Waals surface area contributed by atoms with Crippen LogP contribution in [0.25, 0.3) is 0 Å². The van der Waals surface area contributed by atoms with Gasteiger partial charge in [-0.05, 0) is 24.3 Å². The summed E-state index contributed by atoms with van der Waals surface area (Å²) in [5, 5.41) is 0.0841. The summed E-state index contributed by atoms with van der Waals surface area (Å²) < 4.78 is 33.6. The molecule has 7 nitrogen and oxygen atoms in total. The molecule has 2 aliphatic heterocycles. The van der Waals surface area contributed by atoms with Crippen LogP contribution in [0.4, 0.5) is 0 Å². The molecule has 8 heteroatoms. The molecule has 138 valence electrons. The Bertz CT molecular complexity index is 837. The summed E-state index contributed by atoms with van der Waals surface area (Å²) in [4.78, 5) is 10.7. The normalized spacial score (nSPS) is 21.2. The maximum absolute atomic E-state index is 13.0. The second-order valence-corrected chi connectivity index (χ2v) is 8.45. The molecule has 2 aliphatic rings. The Labute approximate surface area is 153 Å². The van der Waals surface area contributed by atoms with Crippen molar-refractivity contribution in [3.63, 3.8) is 0 Å². The van der Waals surface area contributed by atoms with E-state index in [-0.39, 0.29) is 5.03 Å². The largest absolute Gasteiger partial charge is 0.358 e. The average molecular weight is 374 g/mol. The van der Waals surface area contributed by atoms with Crippen molar-refractivity contribution in [3.05, 3.63) is 54.5 Å². The molecular weight excluding hydrogens is 352 g/mol. The number of aromatic nitrogens is 2. The summed E-state index contributed by atoms with van der Waals surface area (Å²) in [6, 6.07) is 10.8. The Morgan fingerprint density at radius 2 is 1.73 bits per heavy atom. The highest BCUT2D eigenvalue weighted by molar-refractivity contribution is 7.89. The fraction of sp³-hybridized carbons (Fsp3) is 0.444. The molecule has 2 saturated heterocycles. The zero-order chi connectivity index (χ0) is 18.0. The highest BCUT2D eigenvalue weighted by Crippen LogP contribution is 2.38. The zero-order valence-corrected chi connectivity index (χ0v) is 15.3. The molecule has 0 atom stereocenters. The van der Waals surface area contributed by atoms with Crippen molar-refractivity contribution in [1.29, 1.82) is 0 Å². The minimum atomic E-state index is -3.66. The third kappa shape index (κ3) is 3.25. The van der Waals surface area contributed by atoms with Crippen molar-refractivity contribution in [2.75, 3.05) is 26.2 Å². The molecule has 0 saturated carbocycles. The second-order valence-electron chi connectivity index (χ2n) is 6.64. The number of rotatable bonds is 4. The van der Waals surface area contributed by atoms with Crippen LogP contribution in [-0.4, -0.2) is 59.6 Å². The van der Waals surface area contributed by atoms with E-state index in [9.17, 15) is 8.42 Å². The minimum absolute atomic E-state index is 0.0841. The van der Waals surface area contributed by atoms with E-state index >= 15 is 0 Å². The second kappa shape index (κ2) is 7.03. The quantitative estimate of drug-likeness (QED) is 0.807. The lowest BCUT2D eigenvalue weighted by Crippen LogP contribution is -2.54. The van der Waals surface area contributed by atoms with Crippen molar-refractivity contribution in [3.8, 4) is 0 Å². The lowest BCUT2D eigenvalue weighted by Gasteiger charge is -2.42. The van der Waals surface area contributed by atoms with Gasteiger partial charge in [0.2, 0.25) is 0 Å². The van der Waals surface area contributed by atoms with Crippen LogP contribution in [0.2, 0.25) is 0 Å². The van der Waals surface area contributed by atoms with E-state index in [0.717, 1.165) is 25.3 Å². The smallest absolute Gasteiger partial charge is 0.263 e. The number of piperidine rings is 1. The lowest BCUT2D eigenvalue weighted by atomic mass is 10.0. The van der Waals surface area contributed by atoms with Gasteiger partial charge < -0.3 is 4.74 Å². The number of sulfonamides is 1. The number of likely N-dealkylation sites (tertiary alicyclic amines) is 1. The number of ether oxygens (including phenoxy) is 1. The van der Waals surface area contributed by atoms with Gasteiger partial charge in [0.05, 0.1) is 12.3 Å². The maximum atomic E-state index is 13.0. The predicted octanol–water partition coefficient (Wildman–Crippen LogP) is 1.49. The SMILES string of the molecule is O=S(=O)(c1ccccn1)N1CCOC12CCN(Cc1ccccn1)CC2. The Morgan fingerprint density at radius 3 is 2.38 bits per heavy atom. The highest BCUT2D eigenvalue weighted by Gasteiger charge is 2.50. The lowest BCUT2D eigenvalue weighted by molar-refractivity contribution is -0.0919. The number of nitrogens with zero attached hydrogens (tertiary/aromatic N) is 4. The van der Waals surface area contributed by atoms with Crippen LogP contribution in [0.1, 0.15) is 18.5 Å². The molecule has 4 heterocycles. The molecule has 0 bridgehead atoms. The van der Waals surface area contributed by atoms with Gasteiger partial charge in [0.1, 0.15) is 5.72 Å². The van der Waals surface area contributed by atoms with Crippen molar-refractivity contribution in [2.45, 2.75) is 30.1 Å². The van der Waals surface area contributed by atoms with Gasteiger partial charge in [0.25, 0.3) is 10.0 Å². The van der Waals surface area contributed by atoms with Gasteiger partial charge in [0, 0.05) is 51.4 Å². The van der Waals surface area contributed by atoms with Gasteiger partial charge in [-0.3, -0.25) is 9.88 Å². The summed E-state index contributed by atoms with van der Waals surface area (Å²) in [7, 11) is -3.66. The Hall–Kier alpha value is -1.87. The molecule has 26 heavy (non-hydrogen) atoms. The maximum Gasteiger partial charge on any atom is 0.263 e.